The smallest absolute Gasteiger partial charge is 0.337 e. The molecule has 0 aromatic heterocycles. The molecule has 0 unspecified atom stereocenters. The molecule has 20 heavy (non-hydrogen) atoms. The zero-order valence-corrected chi connectivity index (χ0v) is 12.1. The molecule has 1 heterocycles. The van der Waals surface area contributed by atoms with E-state index in [-0.39, 0.29) is 16.5 Å². The number of rotatable bonds is 4. The summed E-state index contributed by atoms with van der Waals surface area (Å²) in [6.45, 7) is 1.53. The third-order valence-corrected chi connectivity index (χ3v) is 4.70. The lowest BCUT2D eigenvalue weighted by molar-refractivity contribution is 0.0600. The second-order valence-corrected chi connectivity index (χ2v) is 6.40. The van der Waals surface area contributed by atoms with E-state index in [9.17, 15) is 13.2 Å². The maximum absolute atomic E-state index is 12.3. The van der Waals surface area contributed by atoms with Gasteiger partial charge in [-0.25, -0.2) is 17.9 Å². The Morgan fingerprint density at radius 3 is 2.90 bits per heavy atom. The molecule has 1 aliphatic rings. The summed E-state index contributed by atoms with van der Waals surface area (Å²) in [5.41, 5.74) is 0.220. The molecular formula is C13H18N2O4S. The molecule has 110 valence electrons. The van der Waals surface area contributed by atoms with Gasteiger partial charge in [-0.2, -0.15) is 0 Å². The predicted octanol–water partition coefficient (Wildman–Crippen LogP) is 0.504. The number of sulfonamides is 1. The second-order valence-electron chi connectivity index (χ2n) is 4.68. The van der Waals surface area contributed by atoms with E-state index in [4.69, 9.17) is 0 Å². The summed E-state index contributed by atoms with van der Waals surface area (Å²) in [4.78, 5) is 11.5. The molecule has 6 nitrogen and oxygen atoms in total. The maximum Gasteiger partial charge on any atom is 0.337 e. The molecule has 0 aliphatic carbocycles. The van der Waals surface area contributed by atoms with E-state index in [1.807, 2.05) is 0 Å². The highest BCUT2D eigenvalue weighted by Gasteiger charge is 2.22. The van der Waals surface area contributed by atoms with Crippen molar-refractivity contribution < 1.29 is 17.9 Å². The minimum atomic E-state index is -3.62. The molecule has 1 aromatic rings. The van der Waals surface area contributed by atoms with Gasteiger partial charge in [-0.1, -0.05) is 6.07 Å². The van der Waals surface area contributed by atoms with Crippen LogP contribution in [0.25, 0.3) is 0 Å². The van der Waals surface area contributed by atoms with Gasteiger partial charge in [0.25, 0.3) is 0 Å². The van der Waals surface area contributed by atoms with Crippen molar-refractivity contribution in [2.45, 2.75) is 23.8 Å². The zero-order valence-electron chi connectivity index (χ0n) is 11.3. The van der Waals surface area contributed by atoms with Gasteiger partial charge in [0.15, 0.2) is 0 Å². The minimum Gasteiger partial charge on any atom is -0.465 e. The molecular weight excluding hydrogens is 280 g/mol. The summed E-state index contributed by atoms with van der Waals surface area (Å²) < 4.78 is 31.8. The summed E-state index contributed by atoms with van der Waals surface area (Å²) in [7, 11) is -2.36. The number of piperidine rings is 1. The lowest BCUT2D eigenvalue weighted by Crippen LogP contribution is -2.45. The number of carbonyl (C=O) groups excluding carboxylic acids is 1. The van der Waals surface area contributed by atoms with Crippen LogP contribution in [0.15, 0.2) is 29.2 Å². The molecule has 2 rings (SSSR count). The number of hydrogen-bond donors (Lipinski definition) is 2. The van der Waals surface area contributed by atoms with Crippen molar-refractivity contribution in [3.8, 4) is 0 Å². The van der Waals surface area contributed by atoms with Crippen molar-refractivity contribution in [1.29, 1.82) is 0 Å². The monoisotopic (exact) mass is 298 g/mol. The van der Waals surface area contributed by atoms with E-state index < -0.39 is 16.0 Å². The highest BCUT2D eigenvalue weighted by Crippen LogP contribution is 2.14. The predicted molar refractivity (Wildman–Crippen MR) is 74.0 cm³/mol. The van der Waals surface area contributed by atoms with Crippen LogP contribution in [0.1, 0.15) is 23.2 Å². The first-order valence-electron chi connectivity index (χ1n) is 6.44. The van der Waals surface area contributed by atoms with Gasteiger partial charge >= 0.3 is 5.97 Å². The average Bonchev–Trinajstić information content (AvgIpc) is 2.47. The van der Waals surface area contributed by atoms with Crippen LogP contribution in [0.4, 0.5) is 0 Å². The summed E-state index contributed by atoms with van der Waals surface area (Å²) in [5, 5.41) is 3.15. The summed E-state index contributed by atoms with van der Waals surface area (Å²) in [6, 6.07) is 5.72. The van der Waals surface area contributed by atoms with E-state index in [0.717, 1.165) is 19.4 Å². The Morgan fingerprint density at radius 2 is 2.25 bits per heavy atom. The van der Waals surface area contributed by atoms with Crippen molar-refractivity contribution >= 4 is 16.0 Å². The quantitative estimate of drug-likeness (QED) is 0.791. The first kappa shape index (κ1) is 15.0. The van der Waals surface area contributed by atoms with Crippen LogP contribution in [0.3, 0.4) is 0 Å². The molecule has 0 bridgehead atoms. The lowest BCUT2D eigenvalue weighted by Gasteiger charge is -2.23. The van der Waals surface area contributed by atoms with Gasteiger partial charge in [0, 0.05) is 12.6 Å². The fourth-order valence-electron chi connectivity index (χ4n) is 2.15. The first-order chi connectivity index (χ1) is 9.53. The van der Waals surface area contributed by atoms with Crippen LogP contribution < -0.4 is 10.0 Å². The van der Waals surface area contributed by atoms with E-state index in [1.54, 1.807) is 0 Å². The Hall–Kier alpha value is -1.44. The van der Waals surface area contributed by atoms with Gasteiger partial charge in [-0.15, -0.1) is 0 Å². The van der Waals surface area contributed by atoms with Crippen LogP contribution in [-0.2, 0) is 14.8 Å². The molecule has 0 saturated carbocycles. The fourth-order valence-corrected chi connectivity index (χ4v) is 3.46. The highest BCUT2D eigenvalue weighted by atomic mass is 32.2. The van der Waals surface area contributed by atoms with E-state index in [1.165, 1.54) is 31.4 Å². The summed E-state index contributed by atoms with van der Waals surface area (Å²) in [5.74, 6) is -0.554. The van der Waals surface area contributed by atoms with E-state index in [0.29, 0.717) is 6.54 Å². The fraction of sp³-hybridized carbons (Fsp3) is 0.462. The number of methoxy groups -OCH3 is 1. The van der Waals surface area contributed by atoms with Crippen LogP contribution in [-0.4, -0.2) is 40.6 Å². The van der Waals surface area contributed by atoms with Crippen molar-refractivity contribution in [2.24, 2.45) is 0 Å². The van der Waals surface area contributed by atoms with Crippen LogP contribution in [0.2, 0.25) is 0 Å². The number of benzene rings is 1. The van der Waals surface area contributed by atoms with E-state index in [2.05, 4.69) is 14.8 Å². The van der Waals surface area contributed by atoms with Crippen LogP contribution >= 0.6 is 0 Å². The van der Waals surface area contributed by atoms with Crippen LogP contribution in [0, 0.1) is 0 Å². The third-order valence-electron chi connectivity index (χ3n) is 3.18. The topological polar surface area (TPSA) is 84.5 Å². The molecule has 0 amide bonds. The Kier molecular flexibility index (Phi) is 4.74. The van der Waals surface area contributed by atoms with Crippen molar-refractivity contribution in [1.82, 2.24) is 10.0 Å². The number of carbonyl (C=O) groups is 1. The minimum absolute atomic E-state index is 0.0750. The summed E-state index contributed by atoms with van der Waals surface area (Å²) >= 11 is 0. The van der Waals surface area contributed by atoms with Gasteiger partial charge in [-0.05, 0) is 37.6 Å². The molecule has 1 aromatic carbocycles. The maximum atomic E-state index is 12.3. The van der Waals surface area contributed by atoms with E-state index >= 15 is 0 Å². The Bertz CT molecular complexity index is 580. The molecule has 7 heteroatoms. The Morgan fingerprint density at radius 1 is 1.45 bits per heavy atom. The molecule has 1 saturated heterocycles. The van der Waals surface area contributed by atoms with Crippen molar-refractivity contribution in [3.05, 3.63) is 29.8 Å². The molecule has 1 atom stereocenters. The zero-order chi connectivity index (χ0) is 14.6. The SMILES string of the molecule is COC(=O)c1cccc(S(=O)(=O)N[C@@H]2CCCNC2)c1. The van der Waals surface area contributed by atoms with Gasteiger partial charge < -0.3 is 10.1 Å². The highest BCUT2D eigenvalue weighted by molar-refractivity contribution is 7.89. The third kappa shape index (κ3) is 3.56. The molecule has 0 spiro atoms. The second kappa shape index (κ2) is 6.34. The number of nitrogens with one attached hydrogen (secondary N) is 2. The van der Waals surface area contributed by atoms with Gasteiger partial charge in [0.05, 0.1) is 17.6 Å². The van der Waals surface area contributed by atoms with Gasteiger partial charge in [0.2, 0.25) is 10.0 Å². The molecule has 2 N–H and O–H groups in total. The van der Waals surface area contributed by atoms with Crippen LogP contribution in [0.5, 0.6) is 0 Å². The lowest BCUT2D eigenvalue weighted by atomic mass is 10.1. The average molecular weight is 298 g/mol. The number of hydrogen-bond acceptors (Lipinski definition) is 5. The molecule has 1 fully saturated rings. The summed E-state index contributed by atoms with van der Waals surface area (Å²) in [6.07, 6.45) is 1.75. The normalized spacial score (nSPS) is 19.6. The number of esters is 1. The molecule has 1 aliphatic heterocycles. The first-order valence-corrected chi connectivity index (χ1v) is 7.92. The van der Waals surface area contributed by atoms with Gasteiger partial charge in [0.1, 0.15) is 0 Å². The Balaban J connectivity index is 2.18. The largest absolute Gasteiger partial charge is 0.465 e. The van der Waals surface area contributed by atoms with Crippen molar-refractivity contribution in [3.63, 3.8) is 0 Å². The molecule has 0 radical (unpaired) electrons. The Labute approximate surface area is 118 Å². The number of ether oxygens (including phenoxy) is 1. The van der Waals surface area contributed by atoms with Gasteiger partial charge in [-0.3, -0.25) is 0 Å². The van der Waals surface area contributed by atoms with Crippen molar-refractivity contribution in [2.75, 3.05) is 20.2 Å². The standard InChI is InChI=1S/C13H18N2O4S/c1-19-13(16)10-4-2-6-12(8-10)20(17,18)15-11-5-3-7-14-9-11/h2,4,6,8,11,14-15H,3,5,7,9H2,1H3/t11-/m1/s1.